The Morgan fingerprint density at radius 3 is 2.23 bits per heavy atom. The lowest BCUT2D eigenvalue weighted by Crippen LogP contribution is -2.47. The number of ether oxygens (including phenoxy) is 1. The molecule has 0 saturated carbocycles. The number of hydrogen-bond acceptors (Lipinski definition) is 5. The van der Waals surface area contributed by atoms with Crippen LogP contribution in [0.25, 0.3) is 10.8 Å². The van der Waals surface area contributed by atoms with Gasteiger partial charge in [-0.3, -0.25) is 24.2 Å². The quantitative estimate of drug-likeness (QED) is 0.692. The van der Waals surface area contributed by atoms with Gasteiger partial charge < -0.3 is 10.1 Å². The summed E-state index contributed by atoms with van der Waals surface area (Å²) < 4.78 is 5.72. The molecule has 2 aromatic rings. The van der Waals surface area contributed by atoms with Crippen molar-refractivity contribution in [1.82, 2.24) is 15.1 Å². The minimum Gasteiger partial charge on any atom is -0.373 e. The molecule has 164 valence electrons. The lowest BCUT2D eigenvalue weighted by atomic mass is 9.94. The molecule has 7 nitrogen and oxygen atoms in total. The van der Waals surface area contributed by atoms with Crippen molar-refractivity contribution in [2.45, 2.75) is 38.9 Å². The Bertz CT molecular complexity index is 945. The largest absolute Gasteiger partial charge is 0.373 e. The molecule has 1 saturated heterocycles. The first-order valence-electron chi connectivity index (χ1n) is 11.0. The molecule has 2 heterocycles. The Kier molecular flexibility index (Phi) is 6.34. The van der Waals surface area contributed by atoms with E-state index in [1.54, 1.807) is 12.1 Å². The topological polar surface area (TPSA) is 79.0 Å². The van der Waals surface area contributed by atoms with Crippen LogP contribution in [-0.2, 0) is 9.53 Å². The first-order valence-corrected chi connectivity index (χ1v) is 11.0. The van der Waals surface area contributed by atoms with E-state index in [0.717, 1.165) is 30.4 Å². The van der Waals surface area contributed by atoms with Gasteiger partial charge in [0.25, 0.3) is 11.8 Å². The Morgan fingerprint density at radius 1 is 1.00 bits per heavy atom. The van der Waals surface area contributed by atoms with Gasteiger partial charge in [0.15, 0.2) is 0 Å². The maximum Gasteiger partial charge on any atom is 0.261 e. The number of carbonyl (C=O) groups excluding carboxylic acids is 3. The van der Waals surface area contributed by atoms with Gasteiger partial charge in [-0.25, -0.2) is 0 Å². The summed E-state index contributed by atoms with van der Waals surface area (Å²) in [4.78, 5) is 41.5. The molecule has 1 fully saturated rings. The first kappa shape index (κ1) is 21.5. The zero-order chi connectivity index (χ0) is 22.0. The summed E-state index contributed by atoms with van der Waals surface area (Å²) >= 11 is 0. The van der Waals surface area contributed by atoms with Gasteiger partial charge >= 0.3 is 0 Å². The molecule has 4 rings (SSSR count). The maximum atomic E-state index is 12.9. The lowest BCUT2D eigenvalue weighted by Gasteiger charge is -2.35. The fourth-order valence-corrected chi connectivity index (χ4v) is 4.59. The Balaban J connectivity index is 1.27. The van der Waals surface area contributed by atoms with Crippen molar-refractivity contribution in [1.29, 1.82) is 0 Å². The zero-order valence-corrected chi connectivity index (χ0v) is 18.1. The molecule has 1 N–H and O–H groups in total. The number of benzene rings is 2. The van der Waals surface area contributed by atoms with E-state index in [2.05, 4.69) is 24.1 Å². The molecule has 2 aromatic carbocycles. The van der Waals surface area contributed by atoms with E-state index in [1.807, 2.05) is 24.3 Å². The predicted octanol–water partition coefficient (Wildman–Crippen LogP) is 2.44. The molecule has 0 aromatic heterocycles. The number of nitrogens with one attached hydrogen (secondary N) is 1. The van der Waals surface area contributed by atoms with Crippen LogP contribution in [-0.4, -0.2) is 72.5 Å². The van der Waals surface area contributed by atoms with Gasteiger partial charge in [0.1, 0.15) is 0 Å². The number of amides is 3. The van der Waals surface area contributed by atoms with E-state index in [-0.39, 0.29) is 42.9 Å². The molecule has 2 atom stereocenters. The Labute approximate surface area is 182 Å². The number of carbonyl (C=O) groups is 3. The molecule has 0 radical (unpaired) electrons. The van der Waals surface area contributed by atoms with Crippen LogP contribution in [0.5, 0.6) is 0 Å². The van der Waals surface area contributed by atoms with Crippen molar-refractivity contribution in [3.63, 3.8) is 0 Å². The van der Waals surface area contributed by atoms with Crippen molar-refractivity contribution in [3.05, 3.63) is 47.5 Å². The van der Waals surface area contributed by atoms with Crippen LogP contribution in [0.1, 0.15) is 47.4 Å². The van der Waals surface area contributed by atoms with Crippen LogP contribution in [0.3, 0.4) is 0 Å². The monoisotopic (exact) mass is 423 g/mol. The molecular formula is C24H29N3O4. The summed E-state index contributed by atoms with van der Waals surface area (Å²) in [5, 5.41) is 4.55. The number of nitrogens with zero attached hydrogens (tertiary/aromatic N) is 2. The Morgan fingerprint density at radius 2 is 1.61 bits per heavy atom. The van der Waals surface area contributed by atoms with Crippen LogP contribution < -0.4 is 5.32 Å². The SMILES string of the molecule is C[C@@H]1CN(CCNC(=O)CCCN2C(=O)c3cccc4cccc(c34)C2=O)C[C@@H](C)O1. The zero-order valence-electron chi connectivity index (χ0n) is 18.1. The van der Waals surface area contributed by atoms with E-state index < -0.39 is 0 Å². The van der Waals surface area contributed by atoms with Gasteiger partial charge in [0.2, 0.25) is 5.91 Å². The fourth-order valence-electron chi connectivity index (χ4n) is 4.59. The molecule has 7 heteroatoms. The molecule has 0 unspecified atom stereocenters. The highest BCUT2D eigenvalue weighted by atomic mass is 16.5. The standard InChI is InChI=1S/C24H29N3O4/c1-16-14-26(15-17(2)31-16)13-11-25-21(28)10-5-12-27-23(29)19-8-3-6-18-7-4-9-20(22(18)19)24(27)30/h3-4,6-9,16-17H,5,10-15H2,1-2H3,(H,25,28)/t16-,17-/m1/s1. The number of morpholine rings is 1. The van der Waals surface area contributed by atoms with Crippen molar-refractivity contribution in [2.24, 2.45) is 0 Å². The van der Waals surface area contributed by atoms with Crippen LogP contribution >= 0.6 is 0 Å². The van der Waals surface area contributed by atoms with Crippen LogP contribution in [0.2, 0.25) is 0 Å². The van der Waals surface area contributed by atoms with E-state index in [0.29, 0.717) is 24.1 Å². The normalized spacial score (nSPS) is 21.5. The highest BCUT2D eigenvalue weighted by Gasteiger charge is 2.32. The lowest BCUT2D eigenvalue weighted by molar-refractivity contribution is -0.121. The van der Waals surface area contributed by atoms with Gasteiger partial charge in [0, 0.05) is 55.7 Å². The van der Waals surface area contributed by atoms with E-state index in [4.69, 9.17) is 4.74 Å². The second kappa shape index (κ2) is 9.16. The van der Waals surface area contributed by atoms with E-state index >= 15 is 0 Å². The molecule has 0 aliphatic carbocycles. The van der Waals surface area contributed by atoms with Crippen molar-refractivity contribution >= 4 is 28.5 Å². The minimum atomic E-state index is -0.287. The van der Waals surface area contributed by atoms with Gasteiger partial charge in [-0.1, -0.05) is 24.3 Å². The molecular weight excluding hydrogens is 394 g/mol. The third kappa shape index (κ3) is 4.62. The average Bonchev–Trinajstić information content (AvgIpc) is 2.73. The molecule has 0 bridgehead atoms. The maximum absolute atomic E-state index is 12.9. The second-order valence-corrected chi connectivity index (χ2v) is 8.44. The smallest absolute Gasteiger partial charge is 0.261 e. The van der Waals surface area contributed by atoms with E-state index in [1.165, 1.54) is 4.90 Å². The number of hydrogen-bond donors (Lipinski definition) is 1. The molecule has 2 aliphatic heterocycles. The molecule has 0 spiro atoms. The van der Waals surface area contributed by atoms with Crippen LogP contribution in [0.4, 0.5) is 0 Å². The molecule has 2 aliphatic rings. The first-order chi connectivity index (χ1) is 14.9. The second-order valence-electron chi connectivity index (χ2n) is 8.44. The number of rotatable bonds is 7. The summed E-state index contributed by atoms with van der Waals surface area (Å²) in [5.74, 6) is -0.635. The third-order valence-electron chi connectivity index (χ3n) is 5.89. The Hall–Kier alpha value is -2.77. The summed E-state index contributed by atoms with van der Waals surface area (Å²) in [7, 11) is 0. The fraction of sp³-hybridized carbons (Fsp3) is 0.458. The van der Waals surface area contributed by atoms with Crippen molar-refractivity contribution < 1.29 is 19.1 Å². The van der Waals surface area contributed by atoms with Crippen molar-refractivity contribution in [3.8, 4) is 0 Å². The highest BCUT2D eigenvalue weighted by Crippen LogP contribution is 2.30. The predicted molar refractivity (Wildman–Crippen MR) is 118 cm³/mol. The van der Waals surface area contributed by atoms with E-state index in [9.17, 15) is 14.4 Å². The summed E-state index contributed by atoms with van der Waals surface area (Å²) in [6.45, 7) is 7.45. The molecule has 31 heavy (non-hydrogen) atoms. The summed E-state index contributed by atoms with van der Waals surface area (Å²) in [6.07, 6.45) is 1.12. The average molecular weight is 424 g/mol. The van der Waals surface area contributed by atoms with Crippen molar-refractivity contribution in [2.75, 3.05) is 32.7 Å². The highest BCUT2D eigenvalue weighted by molar-refractivity contribution is 6.25. The van der Waals surface area contributed by atoms with Crippen LogP contribution in [0, 0.1) is 0 Å². The summed E-state index contributed by atoms with van der Waals surface area (Å²) in [5.41, 5.74) is 1.09. The number of imide groups is 1. The van der Waals surface area contributed by atoms with Crippen LogP contribution in [0.15, 0.2) is 36.4 Å². The van der Waals surface area contributed by atoms with Gasteiger partial charge in [-0.15, -0.1) is 0 Å². The van der Waals surface area contributed by atoms with Gasteiger partial charge in [0.05, 0.1) is 12.2 Å². The third-order valence-corrected chi connectivity index (χ3v) is 5.89. The minimum absolute atomic E-state index is 0.0613. The molecule has 3 amide bonds. The summed E-state index contributed by atoms with van der Waals surface area (Å²) in [6, 6.07) is 11.0. The van der Waals surface area contributed by atoms with Gasteiger partial charge in [-0.05, 0) is 37.8 Å². The van der Waals surface area contributed by atoms with Gasteiger partial charge in [-0.2, -0.15) is 0 Å².